The van der Waals surface area contributed by atoms with E-state index in [4.69, 9.17) is 16.3 Å². The van der Waals surface area contributed by atoms with Gasteiger partial charge in [0.15, 0.2) is 0 Å². The maximum absolute atomic E-state index is 14.3. The van der Waals surface area contributed by atoms with Crippen LogP contribution < -0.4 is 4.74 Å². The summed E-state index contributed by atoms with van der Waals surface area (Å²) in [5.41, 5.74) is 3.02. The molecule has 2 aliphatic heterocycles. The minimum atomic E-state index is -0.413. The Kier molecular flexibility index (Phi) is 9.21. The molecule has 0 radical (unpaired) electrons. The highest BCUT2D eigenvalue weighted by Crippen LogP contribution is 2.39. The van der Waals surface area contributed by atoms with E-state index in [1.54, 1.807) is 12.1 Å². The van der Waals surface area contributed by atoms with Crippen LogP contribution in [0.2, 0.25) is 5.02 Å². The van der Waals surface area contributed by atoms with Gasteiger partial charge in [-0.1, -0.05) is 72.6 Å². The van der Waals surface area contributed by atoms with Gasteiger partial charge >= 0.3 is 0 Å². The second-order valence-electron chi connectivity index (χ2n) is 11.1. The number of amides is 1. The van der Waals surface area contributed by atoms with Crippen LogP contribution in [0.3, 0.4) is 0 Å². The first-order valence-electron chi connectivity index (χ1n) is 14.2. The summed E-state index contributed by atoms with van der Waals surface area (Å²) in [6, 6.07) is 23.6. The van der Waals surface area contributed by atoms with Crippen LogP contribution in [-0.2, 0) is 24.2 Å². The Balaban J connectivity index is 1.30. The predicted octanol–water partition coefficient (Wildman–Crippen LogP) is 6.94. The number of piperidine rings is 1. The number of hydrogen-bond acceptors (Lipinski definition) is 3. The zero-order valence-corrected chi connectivity index (χ0v) is 23.3. The van der Waals surface area contributed by atoms with E-state index in [0.717, 1.165) is 63.9 Å². The van der Waals surface area contributed by atoms with E-state index in [9.17, 15) is 9.18 Å². The van der Waals surface area contributed by atoms with Crippen molar-refractivity contribution in [1.29, 1.82) is 0 Å². The summed E-state index contributed by atoms with van der Waals surface area (Å²) < 4.78 is 20.6. The van der Waals surface area contributed by atoms with E-state index in [1.807, 2.05) is 4.90 Å². The summed E-state index contributed by atoms with van der Waals surface area (Å²) in [7, 11) is 0. The number of halogens is 2. The fourth-order valence-electron chi connectivity index (χ4n) is 6.16. The van der Waals surface area contributed by atoms with Crippen molar-refractivity contribution in [2.75, 3.05) is 32.8 Å². The lowest BCUT2D eigenvalue weighted by molar-refractivity contribution is -0.133. The number of ether oxygens (including phenoxy) is 1. The molecule has 0 aromatic heterocycles. The molecule has 206 valence electrons. The van der Waals surface area contributed by atoms with Gasteiger partial charge in [0.2, 0.25) is 5.91 Å². The molecule has 0 unspecified atom stereocenters. The first-order chi connectivity index (χ1) is 19.0. The second-order valence-corrected chi connectivity index (χ2v) is 11.5. The number of likely N-dealkylation sites (tertiary alicyclic amines) is 1. The van der Waals surface area contributed by atoms with Crippen LogP contribution in [-0.4, -0.2) is 48.5 Å². The number of carbonyl (C=O) groups excluding carboxylic acids is 1. The molecule has 0 atom stereocenters. The monoisotopic (exact) mass is 548 g/mol. The van der Waals surface area contributed by atoms with Gasteiger partial charge in [-0.2, -0.15) is 0 Å². The second kappa shape index (κ2) is 13.0. The highest BCUT2D eigenvalue weighted by molar-refractivity contribution is 6.31. The normalized spacial score (nSPS) is 18.5. The van der Waals surface area contributed by atoms with Crippen LogP contribution in [0, 0.1) is 11.2 Å². The van der Waals surface area contributed by atoms with Crippen molar-refractivity contribution in [2.45, 2.75) is 51.5 Å². The van der Waals surface area contributed by atoms with E-state index < -0.39 is 5.82 Å². The van der Waals surface area contributed by atoms with Crippen LogP contribution in [0.15, 0.2) is 72.8 Å². The van der Waals surface area contributed by atoms with Crippen molar-refractivity contribution < 1.29 is 13.9 Å². The molecule has 2 heterocycles. The molecule has 1 amide bonds. The number of rotatable bonds is 4. The molecular weight excluding hydrogens is 511 g/mol. The minimum absolute atomic E-state index is 0.00931. The topological polar surface area (TPSA) is 32.8 Å². The van der Waals surface area contributed by atoms with Crippen molar-refractivity contribution in [3.8, 4) is 5.75 Å². The highest BCUT2D eigenvalue weighted by Gasteiger charge is 2.37. The molecule has 3 aromatic carbocycles. The number of fused-ring (bicyclic) bond motifs is 1. The average molecular weight is 549 g/mol. The Morgan fingerprint density at radius 3 is 2.46 bits per heavy atom. The molecule has 2 aliphatic rings. The maximum atomic E-state index is 14.3. The van der Waals surface area contributed by atoms with E-state index in [-0.39, 0.29) is 17.7 Å². The molecule has 0 saturated carbocycles. The molecule has 1 saturated heterocycles. The fourth-order valence-corrected chi connectivity index (χ4v) is 6.39. The minimum Gasteiger partial charge on any atom is -0.492 e. The van der Waals surface area contributed by atoms with Gasteiger partial charge in [-0.05, 0) is 66.8 Å². The third-order valence-corrected chi connectivity index (χ3v) is 8.77. The lowest BCUT2D eigenvalue weighted by Crippen LogP contribution is -2.49. The van der Waals surface area contributed by atoms with Gasteiger partial charge in [0, 0.05) is 43.3 Å². The number of para-hydroxylation sites is 1. The lowest BCUT2D eigenvalue weighted by atomic mass is 9.73. The van der Waals surface area contributed by atoms with Gasteiger partial charge < -0.3 is 9.64 Å². The van der Waals surface area contributed by atoms with E-state index >= 15 is 0 Å². The first kappa shape index (κ1) is 27.7. The van der Waals surface area contributed by atoms with E-state index in [1.165, 1.54) is 17.2 Å². The van der Waals surface area contributed by atoms with Gasteiger partial charge in [-0.3, -0.25) is 9.69 Å². The summed E-state index contributed by atoms with van der Waals surface area (Å²) in [5, 5.41) is 0.316. The molecule has 1 fully saturated rings. The molecule has 6 heteroatoms. The number of benzene rings is 3. The molecular formula is C33H38ClFN2O2. The molecule has 0 aliphatic carbocycles. The Morgan fingerprint density at radius 2 is 1.67 bits per heavy atom. The number of nitrogens with zero attached hydrogens (tertiary/aromatic N) is 2. The standard InChI is InChI=1S/C33H38ClFN2O2/c34-29-13-8-14-30(35)28(29)23-32(38)37-19-17-33(18-20-37)16-7-6-12-27-11-4-5-15-31(27)39-22-21-36(25-33)24-26-9-2-1-3-10-26/h1-5,8-11,13-15H,6-7,12,16-25H2. The van der Waals surface area contributed by atoms with Crippen LogP contribution in [0.5, 0.6) is 5.75 Å². The summed E-state index contributed by atoms with van der Waals surface area (Å²) in [5.74, 6) is 0.550. The van der Waals surface area contributed by atoms with Gasteiger partial charge in [0.05, 0.1) is 6.42 Å². The predicted molar refractivity (Wildman–Crippen MR) is 155 cm³/mol. The van der Waals surface area contributed by atoms with E-state index in [0.29, 0.717) is 30.3 Å². The fraction of sp³-hybridized carbons (Fsp3) is 0.424. The van der Waals surface area contributed by atoms with Gasteiger partial charge in [0.25, 0.3) is 0 Å². The third kappa shape index (κ3) is 7.20. The van der Waals surface area contributed by atoms with E-state index in [2.05, 4.69) is 59.5 Å². The highest BCUT2D eigenvalue weighted by atomic mass is 35.5. The molecule has 0 bridgehead atoms. The Bertz CT molecular complexity index is 1220. The molecule has 3 aromatic rings. The van der Waals surface area contributed by atoms with Crippen molar-refractivity contribution in [3.63, 3.8) is 0 Å². The molecule has 0 N–H and O–H groups in total. The molecule has 39 heavy (non-hydrogen) atoms. The van der Waals surface area contributed by atoms with Crippen molar-refractivity contribution in [1.82, 2.24) is 9.80 Å². The number of carbonyl (C=O) groups is 1. The van der Waals surface area contributed by atoms with Crippen LogP contribution in [0.1, 0.15) is 48.8 Å². The Hall–Kier alpha value is -2.89. The van der Waals surface area contributed by atoms with Crippen molar-refractivity contribution in [3.05, 3.63) is 100 Å². The Morgan fingerprint density at radius 1 is 0.897 bits per heavy atom. The molecule has 1 spiro atoms. The summed E-state index contributed by atoms with van der Waals surface area (Å²) in [6.07, 6.45) is 6.34. The largest absolute Gasteiger partial charge is 0.492 e. The SMILES string of the molecule is O=C(Cc1c(F)cccc1Cl)N1CCC2(CCCCc3ccccc3OCCN(Cc3ccccc3)C2)CC1. The maximum Gasteiger partial charge on any atom is 0.227 e. The quantitative estimate of drug-likeness (QED) is 0.354. The van der Waals surface area contributed by atoms with Gasteiger partial charge in [0.1, 0.15) is 18.2 Å². The van der Waals surface area contributed by atoms with Crippen molar-refractivity contribution in [2.24, 2.45) is 5.41 Å². The summed E-state index contributed by atoms with van der Waals surface area (Å²) in [6.45, 7) is 4.75. The van der Waals surface area contributed by atoms with Crippen LogP contribution >= 0.6 is 11.6 Å². The third-order valence-electron chi connectivity index (χ3n) is 8.42. The smallest absolute Gasteiger partial charge is 0.227 e. The van der Waals surface area contributed by atoms with Crippen molar-refractivity contribution >= 4 is 17.5 Å². The average Bonchev–Trinajstić information content (AvgIpc) is 2.94. The number of aryl methyl sites for hydroxylation is 1. The van der Waals surface area contributed by atoms with Gasteiger partial charge in [-0.25, -0.2) is 4.39 Å². The molecule has 4 nitrogen and oxygen atoms in total. The first-order valence-corrected chi connectivity index (χ1v) is 14.6. The van der Waals surface area contributed by atoms with Gasteiger partial charge in [-0.15, -0.1) is 0 Å². The van der Waals surface area contributed by atoms with Crippen LogP contribution in [0.25, 0.3) is 0 Å². The zero-order valence-electron chi connectivity index (χ0n) is 22.6. The summed E-state index contributed by atoms with van der Waals surface area (Å²) >= 11 is 6.20. The number of hydrogen-bond donors (Lipinski definition) is 0. The zero-order chi connectivity index (χ0) is 27.1. The lowest BCUT2D eigenvalue weighted by Gasteiger charge is -2.45. The van der Waals surface area contributed by atoms with Crippen LogP contribution in [0.4, 0.5) is 4.39 Å². The Labute approximate surface area is 236 Å². The molecule has 5 rings (SSSR count). The summed E-state index contributed by atoms with van der Waals surface area (Å²) in [4.78, 5) is 17.6.